The quantitative estimate of drug-likeness (QED) is 0.143. The van der Waals surface area contributed by atoms with Gasteiger partial charge in [0.25, 0.3) is 0 Å². The van der Waals surface area contributed by atoms with Gasteiger partial charge in [0.05, 0.1) is 12.8 Å². The Balaban J connectivity index is -0.0000000845. The second kappa shape index (κ2) is 17.3. The number of aliphatic hydroxyl groups is 1. The van der Waals surface area contributed by atoms with Crippen LogP contribution < -0.4 is 11.3 Å². The average molecular weight is 314 g/mol. The fraction of sp³-hybridized carbons (Fsp3) is 0.500. The zero-order chi connectivity index (χ0) is 11.4. The van der Waals surface area contributed by atoms with E-state index in [2.05, 4.69) is 5.84 Å². The Kier molecular flexibility index (Phi) is 33.7. The summed E-state index contributed by atoms with van der Waals surface area (Å²) in [4.78, 5) is 31.3. The Hall–Kier alpha value is 1.25. The standard InChI is InChI=1S/C6H10N2O6.3Na.2H2O.3H/c7-8-3(9)1-6(14,5(12)13)2-4(10)11;;;;;;;;/h14H,1-2,7H2,(H,8,9)(H,10,11)(H,12,13);;;;2*1H2;;;. The number of carbonyl (C=O) groups is 3. The molecule has 10 N–H and O–H groups in total. The van der Waals surface area contributed by atoms with Crippen LogP contribution in [-0.4, -0.2) is 138 Å². The Morgan fingerprint density at radius 2 is 1.37 bits per heavy atom. The monoisotopic (exact) mass is 314 g/mol. The number of hydrazine groups is 1. The molecule has 1 amide bonds. The van der Waals surface area contributed by atoms with Crippen molar-refractivity contribution >= 4 is 107 Å². The number of nitrogens with two attached hydrogens (primary N) is 1. The minimum absolute atomic E-state index is 0. The molecule has 0 radical (unpaired) electrons. The zero-order valence-corrected chi connectivity index (χ0v) is 8.06. The molecule has 0 saturated heterocycles. The molecule has 0 aliphatic heterocycles. The molecule has 19 heavy (non-hydrogen) atoms. The summed E-state index contributed by atoms with van der Waals surface area (Å²) >= 11 is 0. The molecule has 1 unspecified atom stereocenters. The predicted molar refractivity (Wildman–Crippen MR) is 70.5 cm³/mol. The third-order valence-corrected chi connectivity index (χ3v) is 1.46. The predicted octanol–water partition coefficient (Wildman–Crippen LogP) is -5.94. The molecule has 1 atom stereocenters. The van der Waals surface area contributed by atoms with Crippen molar-refractivity contribution < 1.29 is 40.7 Å². The summed E-state index contributed by atoms with van der Waals surface area (Å²) in [6.45, 7) is 0. The fourth-order valence-corrected chi connectivity index (χ4v) is 0.781. The number of aliphatic carboxylic acids is 2. The van der Waals surface area contributed by atoms with Crippen molar-refractivity contribution in [2.24, 2.45) is 5.84 Å². The number of hydrogen-bond donors (Lipinski definition) is 5. The molecule has 0 bridgehead atoms. The van der Waals surface area contributed by atoms with Crippen LogP contribution in [0.25, 0.3) is 0 Å². The number of carbonyl (C=O) groups excluding carboxylic acids is 1. The molecule has 0 aromatic heterocycles. The number of hydrogen-bond acceptors (Lipinski definition) is 5. The number of carboxylic acids is 2. The van der Waals surface area contributed by atoms with Crippen LogP contribution >= 0.6 is 0 Å². The van der Waals surface area contributed by atoms with Crippen LogP contribution in [0.1, 0.15) is 12.8 Å². The SMILES string of the molecule is NNC(=O)CC(O)(CC(=O)O)C(=O)O.O.O.[NaH].[NaH].[NaH]. The summed E-state index contributed by atoms with van der Waals surface area (Å²) < 4.78 is 0. The number of amides is 1. The van der Waals surface area contributed by atoms with Crippen molar-refractivity contribution in [2.45, 2.75) is 18.4 Å². The van der Waals surface area contributed by atoms with E-state index in [1.54, 1.807) is 5.43 Å². The van der Waals surface area contributed by atoms with Gasteiger partial charge < -0.3 is 26.3 Å². The summed E-state index contributed by atoms with van der Waals surface area (Å²) in [7, 11) is 0. The summed E-state index contributed by atoms with van der Waals surface area (Å²) in [5.74, 6) is 0.381. The van der Waals surface area contributed by atoms with Crippen LogP contribution in [0.5, 0.6) is 0 Å². The first-order valence-electron chi connectivity index (χ1n) is 3.49. The van der Waals surface area contributed by atoms with E-state index < -0.39 is 36.3 Å². The van der Waals surface area contributed by atoms with Crippen molar-refractivity contribution in [3.8, 4) is 0 Å². The molecule has 0 heterocycles. The van der Waals surface area contributed by atoms with Crippen LogP contribution in [0, 0.1) is 0 Å². The molecule has 0 aromatic carbocycles. The van der Waals surface area contributed by atoms with Gasteiger partial charge in [0.1, 0.15) is 0 Å². The van der Waals surface area contributed by atoms with Gasteiger partial charge in [0, 0.05) is 0 Å². The molecule has 0 fully saturated rings. The molecule has 10 nitrogen and oxygen atoms in total. The topological polar surface area (TPSA) is 213 Å². The summed E-state index contributed by atoms with van der Waals surface area (Å²) in [6.07, 6.45) is -1.99. The molecule has 0 aliphatic rings. The van der Waals surface area contributed by atoms with E-state index in [4.69, 9.17) is 10.2 Å². The van der Waals surface area contributed by atoms with Crippen molar-refractivity contribution in [1.82, 2.24) is 5.43 Å². The van der Waals surface area contributed by atoms with Gasteiger partial charge >= 0.3 is 101 Å². The summed E-state index contributed by atoms with van der Waals surface area (Å²) in [5, 5.41) is 26.1. The maximum atomic E-state index is 10.7. The van der Waals surface area contributed by atoms with Crippen LogP contribution in [0.15, 0.2) is 0 Å². The van der Waals surface area contributed by atoms with E-state index in [0.29, 0.717) is 0 Å². The number of rotatable bonds is 5. The fourth-order valence-electron chi connectivity index (χ4n) is 0.781. The van der Waals surface area contributed by atoms with Gasteiger partial charge in [-0.05, 0) is 0 Å². The molecule has 102 valence electrons. The van der Waals surface area contributed by atoms with Crippen molar-refractivity contribution in [3.63, 3.8) is 0 Å². The van der Waals surface area contributed by atoms with E-state index in [1.807, 2.05) is 0 Å². The Bertz CT molecular complexity index is 279. The second-order valence-electron chi connectivity index (χ2n) is 2.65. The first-order valence-corrected chi connectivity index (χ1v) is 3.49. The van der Waals surface area contributed by atoms with Crippen molar-refractivity contribution in [2.75, 3.05) is 0 Å². The first-order chi connectivity index (χ1) is 6.31. The molecule has 0 spiro atoms. The average Bonchev–Trinajstić information content (AvgIpc) is 2.02. The Morgan fingerprint density at radius 1 is 1.00 bits per heavy atom. The van der Waals surface area contributed by atoms with Crippen LogP contribution in [-0.2, 0) is 14.4 Å². The molecular weight excluding hydrogens is 297 g/mol. The van der Waals surface area contributed by atoms with Crippen LogP contribution in [0.2, 0.25) is 0 Å². The van der Waals surface area contributed by atoms with Crippen LogP contribution in [0.3, 0.4) is 0 Å². The normalized spacial score (nSPS) is 10.4. The van der Waals surface area contributed by atoms with E-state index in [0.717, 1.165) is 0 Å². The third kappa shape index (κ3) is 15.5. The van der Waals surface area contributed by atoms with E-state index >= 15 is 0 Å². The molecule has 0 aromatic rings. The van der Waals surface area contributed by atoms with Crippen molar-refractivity contribution in [1.29, 1.82) is 0 Å². The van der Waals surface area contributed by atoms with Gasteiger partial charge in [0.15, 0.2) is 5.60 Å². The van der Waals surface area contributed by atoms with E-state index in [9.17, 15) is 19.5 Å². The molecule has 13 heteroatoms. The Morgan fingerprint density at radius 3 is 1.58 bits per heavy atom. The first kappa shape index (κ1) is 37.0. The minimum atomic E-state index is -2.63. The third-order valence-electron chi connectivity index (χ3n) is 1.46. The van der Waals surface area contributed by atoms with Gasteiger partial charge in [-0.2, -0.15) is 0 Å². The van der Waals surface area contributed by atoms with Gasteiger partial charge in [-0.1, -0.05) is 0 Å². The zero-order valence-electron chi connectivity index (χ0n) is 8.06. The molecular formula is C6H17N2Na3O8. The molecule has 0 rings (SSSR count). The maximum absolute atomic E-state index is 10.7. The summed E-state index contributed by atoms with van der Waals surface area (Å²) in [6, 6.07) is 0. The number of nitrogens with one attached hydrogen (secondary N) is 1. The summed E-state index contributed by atoms with van der Waals surface area (Å²) in [5.41, 5.74) is -1.04. The van der Waals surface area contributed by atoms with Gasteiger partial charge in [-0.15, -0.1) is 0 Å². The number of carboxylic acid groups (broad SMARTS) is 2. The molecule has 0 aliphatic carbocycles. The van der Waals surface area contributed by atoms with Crippen molar-refractivity contribution in [3.05, 3.63) is 0 Å². The Labute approximate surface area is 174 Å². The van der Waals surface area contributed by atoms with Gasteiger partial charge in [-0.25, -0.2) is 10.6 Å². The second-order valence-corrected chi connectivity index (χ2v) is 2.65. The van der Waals surface area contributed by atoms with Gasteiger partial charge in [-0.3, -0.25) is 15.0 Å². The molecule has 0 saturated carbocycles. The van der Waals surface area contributed by atoms with Crippen LogP contribution in [0.4, 0.5) is 0 Å². The van der Waals surface area contributed by atoms with Gasteiger partial charge in [0.2, 0.25) is 5.91 Å². The van der Waals surface area contributed by atoms with E-state index in [-0.39, 0.29) is 99.6 Å². The van der Waals surface area contributed by atoms with E-state index in [1.165, 1.54) is 0 Å².